The summed E-state index contributed by atoms with van der Waals surface area (Å²) in [6.07, 6.45) is 0. The minimum atomic E-state index is 0.140. The summed E-state index contributed by atoms with van der Waals surface area (Å²) in [7, 11) is 0. The molecule has 1 aliphatic heterocycles. The Morgan fingerprint density at radius 3 is 2.57 bits per heavy atom. The number of aromatic nitrogens is 1. The number of fused-ring (bicyclic) bond motifs is 1. The first kappa shape index (κ1) is 13.7. The second kappa shape index (κ2) is 5.24. The standard InChI is InChI=1S/C16H20N4O/c1-11-10-14-13(4-3-5-15(14)17)16(18-11)20-8-6-19(7-9-20)12(2)21/h3-5,10H,6-9,17H2,1-2H3. The van der Waals surface area contributed by atoms with E-state index in [1.165, 1.54) is 0 Å². The molecular formula is C16H20N4O. The molecule has 0 bridgehead atoms. The van der Waals surface area contributed by atoms with Gasteiger partial charge in [0.15, 0.2) is 0 Å². The molecule has 0 aliphatic carbocycles. The fourth-order valence-corrected chi connectivity index (χ4v) is 2.88. The number of amides is 1. The molecule has 1 aliphatic rings. The summed E-state index contributed by atoms with van der Waals surface area (Å²) in [5.74, 6) is 1.11. The van der Waals surface area contributed by atoms with Gasteiger partial charge >= 0.3 is 0 Å². The third-order valence-electron chi connectivity index (χ3n) is 4.04. The van der Waals surface area contributed by atoms with E-state index < -0.39 is 0 Å². The van der Waals surface area contributed by atoms with Crippen molar-refractivity contribution in [2.45, 2.75) is 13.8 Å². The molecule has 2 heterocycles. The summed E-state index contributed by atoms with van der Waals surface area (Å²) < 4.78 is 0. The maximum Gasteiger partial charge on any atom is 0.219 e. The molecule has 1 aromatic heterocycles. The lowest BCUT2D eigenvalue weighted by atomic mass is 10.1. The van der Waals surface area contributed by atoms with Gasteiger partial charge in [-0.05, 0) is 19.1 Å². The number of nitrogen functional groups attached to an aromatic ring is 1. The van der Waals surface area contributed by atoms with Crippen LogP contribution in [0.15, 0.2) is 24.3 Å². The van der Waals surface area contributed by atoms with Crippen molar-refractivity contribution in [3.63, 3.8) is 0 Å². The maximum atomic E-state index is 11.4. The van der Waals surface area contributed by atoms with Crippen LogP contribution in [0.4, 0.5) is 11.5 Å². The summed E-state index contributed by atoms with van der Waals surface area (Å²) in [6.45, 7) is 6.71. The molecule has 2 aromatic rings. The SMILES string of the molecule is CC(=O)N1CCN(c2nc(C)cc3c(N)cccc23)CC1. The quantitative estimate of drug-likeness (QED) is 0.811. The minimum Gasteiger partial charge on any atom is -0.398 e. The molecule has 1 aromatic carbocycles. The number of carbonyl (C=O) groups is 1. The van der Waals surface area contributed by atoms with Gasteiger partial charge in [0.1, 0.15) is 5.82 Å². The summed E-state index contributed by atoms with van der Waals surface area (Å²) in [5, 5.41) is 2.13. The first-order valence-electron chi connectivity index (χ1n) is 7.22. The predicted octanol–water partition coefficient (Wildman–Crippen LogP) is 1.79. The molecule has 110 valence electrons. The Hall–Kier alpha value is -2.30. The molecule has 5 heteroatoms. The Morgan fingerprint density at radius 2 is 1.90 bits per heavy atom. The number of pyridine rings is 1. The third-order valence-corrected chi connectivity index (χ3v) is 4.04. The van der Waals surface area contributed by atoms with Crippen LogP contribution in [-0.2, 0) is 4.79 Å². The molecular weight excluding hydrogens is 264 g/mol. The highest BCUT2D eigenvalue weighted by molar-refractivity contribution is 5.99. The number of anilines is 2. The van der Waals surface area contributed by atoms with Crippen LogP contribution in [0.5, 0.6) is 0 Å². The Bertz CT molecular complexity index is 690. The molecule has 0 unspecified atom stereocenters. The van der Waals surface area contributed by atoms with E-state index in [-0.39, 0.29) is 5.91 Å². The van der Waals surface area contributed by atoms with Gasteiger partial charge in [0.25, 0.3) is 0 Å². The van der Waals surface area contributed by atoms with Crippen LogP contribution in [0, 0.1) is 6.92 Å². The molecule has 2 N–H and O–H groups in total. The molecule has 0 radical (unpaired) electrons. The number of aryl methyl sites for hydroxylation is 1. The summed E-state index contributed by atoms with van der Waals surface area (Å²) in [6, 6.07) is 7.97. The topological polar surface area (TPSA) is 62.5 Å². The van der Waals surface area contributed by atoms with Crippen molar-refractivity contribution in [3.05, 3.63) is 30.0 Å². The second-order valence-corrected chi connectivity index (χ2v) is 5.52. The van der Waals surface area contributed by atoms with Gasteiger partial charge in [-0.1, -0.05) is 12.1 Å². The van der Waals surface area contributed by atoms with E-state index in [4.69, 9.17) is 10.7 Å². The van der Waals surface area contributed by atoms with Crippen LogP contribution in [-0.4, -0.2) is 42.0 Å². The maximum absolute atomic E-state index is 11.4. The zero-order chi connectivity index (χ0) is 15.0. The van der Waals surface area contributed by atoms with Gasteiger partial charge < -0.3 is 15.5 Å². The molecule has 1 amide bonds. The highest BCUT2D eigenvalue weighted by Crippen LogP contribution is 2.30. The van der Waals surface area contributed by atoms with Crippen molar-refractivity contribution in [1.29, 1.82) is 0 Å². The number of benzene rings is 1. The molecule has 0 atom stereocenters. The Balaban J connectivity index is 1.98. The average Bonchev–Trinajstić information content (AvgIpc) is 2.47. The average molecular weight is 284 g/mol. The smallest absolute Gasteiger partial charge is 0.219 e. The van der Waals surface area contributed by atoms with Gasteiger partial charge in [0.05, 0.1) is 0 Å². The minimum absolute atomic E-state index is 0.140. The third kappa shape index (κ3) is 2.51. The van der Waals surface area contributed by atoms with E-state index in [0.29, 0.717) is 0 Å². The van der Waals surface area contributed by atoms with Gasteiger partial charge in [0.2, 0.25) is 5.91 Å². The van der Waals surface area contributed by atoms with Crippen LogP contribution in [0.25, 0.3) is 10.8 Å². The first-order chi connectivity index (χ1) is 10.1. The Kier molecular flexibility index (Phi) is 3.41. The zero-order valence-electron chi connectivity index (χ0n) is 12.5. The number of piperazine rings is 1. The Morgan fingerprint density at radius 1 is 1.19 bits per heavy atom. The molecule has 1 saturated heterocycles. The van der Waals surface area contributed by atoms with E-state index in [1.54, 1.807) is 6.92 Å². The highest BCUT2D eigenvalue weighted by Gasteiger charge is 2.21. The highest BCUT2D eigenvalue weighted by atomic mass is 16.2. The number of hydrogen-bond acceptors (Lipinski definition) is 4. The van der Waals surface area contributed by atoms with Crippen molar-refractivity contribution >= 4 is 28.2 Å². The van der Waals surface area contributed by atoms with Crippen molar-refractivity contribution in [2.24, 2.45) is 0 Å². The lowest BCUT2D eigenvalue weighted by Gasteiger charge is -2.35. The molecule has 0 saturated carbocycles. The number of rotatable bonds is 1. The fourth-order valence-electron chi connectivity index (χ4n) is 2.88. The monoisotopic (exact) mass is 284 g/mol. The largest absolute Gasteiger partial charge is 0.398 e. The number of nitrogens with zero attached hydrogens (tertiary/aromatic N) is 3. The molecule has 21 heavy (non-hydrogen) atoms. The van der Waals surface area contributed by atoms with Crippen LogP contribution >= 0.6 is 0 Å². The van der Waals surface area contributed by atoms with E-state index in [0.717, 1.165) is 54.2 Å². The van der Waals surface area contributed by atoms with Gasteiger partial charge in [-0.25, -0.2) is 4.98 Å². The Labute approximate surface area is 124 Å². The summed E-state index contributed by atoms with van der Waals surface area (Å²) >= 11 is 0. The van der Waals surface area contributed by atoms with Gasteiger partial charge in [-0.2, -0.15) is 0 Å². The first-order valence-corrected chi connectivity index (χ1v) is 7.22. The van der Waals surface area contributed by atoms with Gasteiger partial charge in [-0.15, -0.1) is 0 Å². The van der Waals surface area contributed by atoms with Gasteiger partial charge in [-0.3, -0.25) is 4.79 Å². The van der Waals surface area contributed by atoms with E-state index in [2.05, 4.69) is 11.0 Å². The number of nitrogens with two attached hydrogens (primary N) is 1. The summed E-state index contributed by atoms with van der Waals surface area (Å²) in [5.41, 5.74) is 7.83. The van der Waals surface area contributed by atoms with E-state index in [1.807, 2.05) is 30.0 Å². The lowest BCUT2D eigenvalue weighted by molar-refractivity contribution is -0.129. The van der Waals surface area contributed by atoms with E-state index in [9.17, 15) is 4.79 Å². The normalized spacial score (nSPS) is 15.5. The lowest BCUT2D eigenvalue weighted by Crippen LogP contribution is -2.48. The molecule has 5 nitrogen and oxygen atoms in total. The summed E-state index contributed by atoms with van der Waals surface area (Å²) in [4.78, 5) is 20.3. The van der Waals surface area contributed by atoms with Crippen molar-refractivity contribution in [3.8, 4) is 0 Å². The van der Waals surface area contributed by atoms with Gasteiger partial charge in [0, 0.05) is 55.3 Å². The van der Waals surface area contributed by atoms with Crippen molar-refractivity contribution in [1.82, 2.24) is 9.88 Å². The molecule has 1 fully saturated rings. The van der Waals surface area contributed by atoms with E-state index >= 15 is 0 Å². The van der Waals surface area contributed by atoms with Crippen LogP contribution < -0.4 is 10.6 Å². The van der Waals surface area contributed by atoms with Crippen LogP contribution in [0.1, 0.15) is 12.6 Å². The van der Waals surface area contributed by atoms with Crippen molar-refractivity contribution in [2.75, 3.05) is 36.8 Å². The van der Waals surface area contributed by atoms with Crippen molar-refractivity contribution < 1.29 is 4.79 Å². The van der Waals surface area contributed by atoms with Crippen LogP contribution in [0.2, 0.25) is 0 Å². The molecule has 3 rings (SSSR count). The fraction of sp³-hybridized carbons (Fsp3) is 0.375. The second-order valence-electron chi connectivity index (χ2n) is 5.52. The zero-order valence-corrected chi connectivity index (χ0v) is 12.5. The van der Waals surface area contributed by atoms with Crippen LogP contribution in [0.3, 0.4) is 0 Å². The molecule has 0 spiro atoms. The number of carbonyl (C=O) groups excluding carboxylic acids is 1. The number of hydrogen-bond donors (Lipinski definition) is 1. The predicted molar refractivity (Wildman–Crippen MR) is 85.4 cm³/mol.